The van der Waals surface area contributed by atoms with Crippen LogP contribution in [0.4, 0.5) is 0 Å². The van der Waals surface area contributed by atoms with Gasteiger partial charge in [-0.2, -0.15) is 5.26 Å². The van der Waals surface area contributed by atoms with Gasteiger partial charge in [0.15, 0.2) is 5.16 Å². The number of hydrogen-bond acceptors (Lipinski definition) is 4. The average molecular weight is 295 g/mol. The van der Waals surface area contributed by atoms with Gasteiger partial charge >= 0.3 is 0 Å². The van der Waals surface area contributed by atoms with Crippen LogP contribution in [0.1, 0.15) is 5.56 Å². The number of nitriles is 1. The molecule has 0 N–H and O–H groups in total. The average Bonchev–Trinajstić information content (AvgIpc) is 2.67. The Balaban J connectivity index is 2.36. The fraction of sp³-hybridized carbons (Fsp3) is 0.100. The zero-order valence-corrected chi connectivity index (χ0v) is 10.8. The van der Waals surface area contributed by atoms with E-state index in [0.29, 0.717) is 5.56 Å². The van der Waals surface area contributed by atoms with Gasteiger partial charge in [-0.15, -0.1) is 10.2 Å². The van der Waals surface area contributed by atoms with Crippen LogP contribution < -0.4 is 0 Å². The maximum atomic E-state index is 9.01. The highest BCUT2D eigenvalue weighted by atomic mass is 79.9. The molecule has 4 nitrogen and oxygen atoms in total. The summed E-state index contributed by atoms with van der Waals surface area (Å²) in [5.41, 5.74) is 0.627. The van der Waals surface area contributed by atoms with Crippen LogP contribution >= 0.6 is 27.7 Å². The Bertz CT molecular complexity index is 558. The Morgan fingerprint density at radius 3 is 2.94 bits per heavy atom. The second kappa shape index (κ2) is 4.68. The first kappa shape index (κ1) is 11.2. The van der Waals surface area contributed by atoms with Gasteiger partial charge in [0.25, 0.3) is 0 Å². The molecule has 80 valence electrons. The minimum absolute atomic E-state index is 0.627. The molecule has 2 aromatic rings. The highest BCUT2D eigenvalue weighted by Gasteiger charge is 2.08. The monoisotopic (exact) mass is 294 g/mol. The van der Waals surface area contributed by atoms with Crippen molar-refractivity contribution in [3.63, 3.8) is 0 Å². The number of benzene rings is 1. The summed E-state index contributed by atoms with van der Waals surface area (Å²) < 4.78 is 2.71. The molecule has 16 heavy (non-hydrogen) atoms. The third-order valence-electron chi connectivity index (χ3n) is 1.93. The molecule has 0 spiro atoms. The summed E-state index contributed by atoms with van der Waals surface area (Å²) in [6, 6.07) is 7.74. The van der Waals surface area contributed by atoms with Gasteiger partial charge in [-0.05, 0) is 30.0 Å². The molecule has 0 unspecified atom stereocenters. The fourth-order valence-corrected chi connectivity index (χ4v) is 2.33. The lowest BCUT2D eigenvalue weighted by Gasteiger charge is -2.03. The molecular weight excluding hydrogens is 288 g/mol. The van der Waals surface area contributed by atoms with E-state index in [1.807, 2.05) is 23.7 Å². The Morgan fingerprint density at radius 1 is 1.50 bits per heavy atom. The summed E-state index contributed by atoms with van der Waals surface area (Å²) >= 11 is 4.76. The van der Waals surface area contributed by atoms with E-state index in [-0.39, 0.29) is 0 Å². The zero-order chi connectivity index (χ0) is 11.5. The maximum Gasteiger partial charge on any atom is 0.195 e. The van der Waals surface area contributed by atoms with Crippen LogP contribution in [0.25, 0.3) is 0 Å². The van der Waals surface area contributed by atoms with Crippen molar-refractivity contribution in [1.29, 1.82) is 5.26 Å². The van der Waals surface area contributed by atoms with Crippen molar-refractivity contribution in [3.05, 3.63) is 34.6 Å². The van der Waals surface area contributed by atoms with Gasteiger partial charge in [-0.25, -0.2) is 0 Å². The van der Waals surface area contributed by atoms with E-state index in [9.17, 15) is 0 Å². The van der Waals surface area contributed by atoms with Crippen molar-refractivity contribution in [3.8, 4) is 6.07 Å². The van der Waals surface area contributed by atoms with E-state index in [0.717, 1.165) is 14.5 Å². The number of rotatable bonds is 2. The molecule has 0 aliphatic heterocycles. The number of aromatic nitrogens is 3. The molecule has 0 saturated heterocycles. The van der Waals surface area contributed by atoms with Gasteiger partial charge < -0.3 is 4.57 Å². The first-order valence-electron chi connectivity index (χ1n) is 4.42. The van der Waals surface area contributed by atoms with Crippen molar-refractivity contribution in [2.75, 3.05) is 0 Å². The molecule has 2 rings (SSSR count). The zero-order valence-electron chi connectivity index (χ0n) is 8.38. The number of nitrogens with zero attached hydrogens (tertiary/aromatic N) is 4. The van der Waals surface area contributed by atoms with E-state index < -0.39 is 0 Å². The van der Waals surface area contributed by atoms with Crippen LogP contribution in [0, 0.1) is 11.3 Å². The second-order valence-electron chi connectivity index (χ2n) is 3.08. The summed E-state index contributed by atoms with van der Waals surface area (Å²) in [4.78, 5) is 0.877. The molecule has 0 saturated carbocycles. The van der Waals surface area contributed by atoms with Crippen LogP contribution in [0.2, 0.25) is 0 Å². The third kappa shape index (κ3) is 2.26. The molecular formula is C10H7BrN4S. The Kier molecular flexibility index (Phi) is 3.27. The van der Waals surface area contributed by atoms with Crippen molar-refractivity contribution in [2.24, 2.45) is 7.05 Å². The standard InChI is InChI=1S/C10H7BrN4S/c1-15-6-13-14-10(15)16-9-3-2-8(11)4-7(9)5-12/h2-4,6H,1H3. The van der Waals surface area contributed by atoms with Crippen LogP contribution in [0.3, 0.4) is 0 Å². The van der Waals surface area contributed by atoms with Gasteiger partial charge in [-0.3, -0.25) is 0 Å². The Hall–Kier alpha value is -1.32. The summed E-state index contributed by atoms with van der Waals surface area (Å²) in [5, 5.41) is 17.5. The predicted octanol–water partition coefficient (Wildman–Crippen LogP) is 2.60. The van der Waals surface area contributed by atoms with Crippen LogP contribution in [0.5, 0.6) is 0 Å². The number of aryl methyl sites for hydroxylation is 1. The van der Waals surface area contributed by atoms with Crippen LogP contribution in [-0.2, 0) is 7.05 Å². The molecule has 0 bridgehead atoms. The molecule has 0 radical (unpaired) electrons. The lowest BCUT2D eigenvalue weighted by molar-refractivity contribution is 0.788. The molecule has 6 heteroatoms. The highest BCUT2D eigenvalue weighted by Crippen LogP contribution is 2.29. The molecule has 0 atom stereocenters. The van der Waals surface area contributed by atoms with Crippen LogP contribution in [-0.4, -0.2) is 14.8 Å². The first-order valence-corrected chi connectivity index (χ1v) is 6.03. The number of halogens is 1. The van der Waals surface area contributed by atoms with Crippen molar-refractivity contribution < 1.29 is 0 Å². The lowest BCUT2D eigenvalue weighted by atomic mass is 10.2. The molecule has 1 aromatic heterocycles. The van der Waals surface area contributed by atoms with Crippen molar-refractivity contribution in [2.45, 2.75) is 10.1 Å². The minimum Gasteiger partial charge on any atom is -0.311 e. The fourth-order valence-electron chi connectivity index (χ4n) is 1.14. The largest absolute Gasteiger partial charge is 0.311 e. The van der Waals surface area contributed by atoms with Gasteiger partial charge in [0, 0.05) is 16.4 Å². The highest BCUT2D eigenvalue weighted by molar-refractivity contribution is 9.10. The van der Waals surface area contributed by atoms with E-state index in [1.54, 1.807) is 12.4 Å². The van der Waals surface area contributed by atoms with Gasteiger partial charge in [0.05, 0.1) is 5.56 Å². The van der Waals surface area contributed by atoms with E-state index in [2.05, 4.69) is 32.2 Å². The summed E-state index contributed by atoms with van der Waals surface area (Å²) in [6.45, 7) is 0. The lowest BCUT2D eigenvalue weighted by Crippen LogP contribution is -1.89. The molecule has 0 aliphatic carbocycles. The van der Waals surface area contributed by atoms with Crippen molar-refractivity contribution >= 4 is 27.7 Å². The van der Waals surface area contributed by atoms with Crippen molar-refractivity contribution in [1.82, 2.24) is 14.8 Å². The Labute approximate surface area is 105 Å². The SMILES string of the molecule is Cn1cnnc1Sc1ccc(Br)cc1C#N. The van der Waals surface area contributed by atoms with E-state index in [1.165, 1.54) is 11.8 Å². The number of hydrogen-bond donors (Lipinski definition) is 0. The van der Waals surface area contributed by atoms with Gasteiger partial charge in [-0.1, -0.05) is 15.9 Å². The minimum atomic E-state index is 0.627. The van der Waals surface area contributed by atoms with E-state index in [4.69, 9.17) is 5.26 Å². The predicted molar refractivity (Wildman–Crippen MR) is 64.0 cm³/mol. The maximum absolute atomic E-state index is 9.01. The molecule has 0 amide bonds. The third-order valence-corrected chi connectivity index (χ3v) is 3.55. The second-order valence-corrected chi connectivity index (χ2v) is 5.00. The summed E-state index contributed by atoms with van der Waals surface area (Å²) in [6.07, 6.45) is 1.63. The van der Waals surface area contributed by atoms with Crippen LogP contribution in [0.15, 0.2) is 39.1 Å². The Morgan fingerprint density at radius 2 is 2.31 bits per heavy atom. The topological polar surface area (TPSA) is 54.5 Å². The quantitative estimate of drug-likeness (QED) is 0.854. The van der Waals surface area contributed by atoms with Gasteiger partial charge in [0.1, 0.15) is 12.4 Å². The smallest absolute Gasteiger partial charge is 0.195 e. The molecule has 1 heterocycles. The summed E-state index contributed by atoms with van der Waals surface area (Å²) in [5.74, 6) is 0. The molecule has 0 fully saturated rings. The molecule has 0 aliphatic rings. The molecule has 1 aromatic carbocycles. The summed E-state index contributed by atoms with van der Waals surface area (Å²) in [7, 11) is 1.87. The van der Waals surface area contributed by atoms with Gasteiger partial charge in [0.2, 0.25) is 0 Å². The first-order chi connectivity index (χ1) is 7.70. The van der Waals surface area contributed by atoms with E-state index >= 15 is 0 Å². The normalized spacial score (nSPS) is 10.1.